The first-order valence-electron chi connectivity index (χ1n) is 8.56. The quantitative estimate of drug-likeness (QED) is 0.729. The van der Waals surface area contributed by atoms with Gasteiger partial charge < -0.3 is 9.73 Å². The minimum absolute atomic E-state index is 0.100. The van der Waals surface area contributed by atoms with E-state index in [0.717, 1.165) is 22.6 Å². The van der Waals surface area contributed by atoms with Gasteiger partial charge in [0, 0.05) is 18.5 Å². The number of oxazole rings is 1. The van der Waals surface area contributed by atoms with Crippen LogP contribution in [0, 0.1) is 19.7 Å². The summed E-state index contributed by atoms with van der Waals surface area (Å²) >= 11 is 0. The molecule has 26 heavy (non-hydrogen) atoms. The van der Waals surface area contributed by atoms with E-state index in [-0.39, 0.29) is 18.1 Å². The highest BCUT2D eigenvalue weighted by molar-refractivity contribution is 5.78. The second-order valence-corrected chi connectivity index (χ2v) is 6.29. The van der Waals surface area contributed by atoms with Gasteiger partial charge in [-0.05, 0) is 43.7 Å². The normalized spacial score (nSPS) is 10.7. The van der Waals surface area contributed by atoms with E-state index in [1.807, 2.05) is 38.1 Å². The highest BCUT2D eigenvalue weighted by Crippen LogP contribution is 2.22. The van der Waals surface area contributed by atoms with E-state index in [9.17, 15) is 9.18 Å². The average Bonchev–Trinajstić information content (AvgIpc) is 2.98. The molecule has 0 spiro atoms. The standard InChI is InChI=1S/C21H21FN2O2/c1-14-3-7-17(8-4-14)21-24-19(15(2)26-21)11-12-23-20(25)13-16-5-9-18(22)10-6-16/h3-10H,11-13H2,1-2H3,(H,23,25). The number of carbonyl (C=O) groups excluding carboxylic acids is 1. The third-order valence-electron chi connectivity index (χ3n) is 4.15. The molecule has 0 saturated carbocycles. The lowest BCUT2D eigenvalue weighted by Crippen LogP contribution is -2.27. The maximum absolute atomic E-state index is 12.9. The molecule has 134 valence electrons. The van der Waals surface area contributed by atoms with Crippen molar-refractivity contribution in [2.24, 2.45) is 0 Å². The van der Waals surface area contributed by atoms with Gasteiger partial charge in [0.15, 0.2) is 0 Å². The molecule has 4 nitrogen and oxygen atoms in total. The average molecular weight is 352 g/mol. The zero-order valence-corrected chi connectivity index (χ0v) is 14.9. The Bertz CT molecular complexity index is 883. The van der Waals surface area contributed by atoms with Gasteiger partial charge in [-0.15, -0.1) is 0 Å². The second-order valence-electron chi connectivity index (χ2n) is 6.29. The number of aromatic nitrogens is 1. The lowest BCUT2D eigenvalue weighted by molar-refractivity contribution is -0.120. The van der Waals surface area contributed by atoms with Crippen molar-refractivity contribution in [2.45, 2.75) is 26.7 Å². The van der Waals surface area contributed by atoms with Crippen LogP contribution in [0.3, 0.4) is 0 Å². The van der Waals surface area contributed by atoms with E-state index in [1.165, 1.54) is 17.7 Å². The zero-order chi connectivity index (χ0) is 18.5. The van der Waals surface area contributed by atoms with E-state index in [2.05, 4.69) is 10.3 Å². The summed E-state index contributed by atoms with van der Waals surface area (Å²) in [6.45, 7) is 4.38. The van der Waals surface area contributed by atoms with E-state index in [0.29, 0.717) is 18.9 Å². The molecule has 3 rings (SSSR count). The van der Waals surface area contributed by atoms with E-state index >= 15 is 0 Å². The number of amides is 1. The molecular formula is C21H21FN2O2. The first-order chi connectivity index (χ1) is 12.5. The highest BCUT2D eigenvalue weighted by atomic mass is 19.1. The van der Waals surface area contributed by atoms with Crippen molar-refractivity contribution in [2.75, 3.05) is 6.54 Å². The van der Waals surface area contributed by atoms with Crippen molar-refractivity contribution in [3.05, 3.63) is 76.9 Å². The summed E-state index contributed by atoms with van der Waals surface area (Å²) < 4.78 is 18.6. The first-order valence-corrected chi connectivity index (χ1v) is 8.56. The van der Waals surface area contributed by atoms with Gasteiger partial charge in [0.05, 0.1) is 12.1 Å². The van der Waals surface area contributed by atoms with Gasteiger partial charge in [0.25, 0.3) is 0 Å². The fraction of sp³-hybridized carbons (Fsp3) is 0.238. The molecule has 0 bridgehead atoms. The van der Waals surface area contributed by atoms with Crippen LogP contribution in [0.4, 0.5) is 4.39 Å². The summed E-state index contributed by atoms with van der Waals surface area (Å²) in [5.74, 6) is 0.944. The summed E-state index contributed by atoms with van der Waals surface area (Å²) in [4.78, 5) is 16.5. The van der Waals surface area contributed by atoms with Gasteiger partial charge in [0.2, 0.25) is 11.8 Å². The Balaban J connectivity index is 1.54. The lowest BCUT2D eigenvalue weighted by atomic mass is 10.1. The molecule has 1 amide bonds. The van der Waals surface area contributed by atoms with Crippen molar-refractivity contribution in [1.29, 1.82) is 0 Å². The molecule has 0 fully saturated rings. The number of hydrogen-bond acceptors (Lipinski definition) is 3. The largest absolute Gasteiger partial charge is 0.441 e. The first kappa shape index (κ1) is 17.9. The Kier molecular flexibility index (Phi) is 5.46. The minimum Gasteiger partial charge on any atom is -0.441 e. The maximum Gasteiger partial charge on any atom is 0.226 e. The highest BCUT2D eigenvalue weighted by Gasteiger charge is 2.12. The molecule has 0 saturated heterocycles. The van der Waals surface area contributed by atoms with Crippen LogP contribution in [0.1, 0.15) is 22.6 Å². The molecule has 3 aromatic rings. The van der Waals surface area contributed by atoms with Gasteiger partial charge >= 0.3 is 0 Å². The molecule has 0 aliphatic carbocycles. The molecule has 1 aromatic heterocycles. The van der Waals surface area contributed by atoms with Gasteiger partial charge in [0.1, 0.15) is 11.6 Å². The van der Waals surface area contributed by atoms with Crippen molar-refractivity contribution >= 4 is 5.91 Å². The minimum atomic E-state index is -0.306. The molecule has 0 aliphatic heterocycles. The Labute approximate surface area is 152 Å². The van der Waals surface area contributed by atoms with Crippen molar-refractivity contribution in [1.82, 2.24) is 10.3 Å². The van der Waals surface area contributed by atoms with Gasteiger partial charge in [-0.2, -0.15) is 0 Å². The van der Waals surface area contributed by atoms with Crippen molar-refractivity contribution in [3.63, 3.8) is 0 Å². The van der Waals surface area contributed by atoms with E-state index in [1.54, 1.807) is 12.1 Å². The fourth-order valence-corrected chi connectivity index (χ4v) is 2.65. The van der Waals surface area contributed by atoms with Crippen LogP contribution in [-0.4, -0.2) is 17.4 Å². The van der Waals surface area contributed by atoms with Gasteiger partial charge in [-0.1, -0.05) is 29.8 Å². The molecule has 2 aromatic carbocycles. The summed E-state index contributed by atoms with van der Waals surface area (Å²) in [7, 11) is 0. The predicted molar refractivity (Wildman–Crippen MR) is 98.2 cm³/mol. The monoisotopic (exact) mass is 352 g/mol. The number of carbonyl (C=O) groups is 1. The number of nitrogens with zero attached hydrogens (tertiary/aromatic N) is 1. The second kappa shape index (κ2) is 7.95. The zero-order valence-electron chi connectivity index (χ0n) is 14.9. The molecule has 0 aliphatic rings. The topological polar surface area (TPSA) is 55.1 Å². The number of hydrogen-bond donors (Lipinski definition) is 1. The molecule has 0 atom stereocenters. The molecule has 1 N–H and O–H groups in total. The fourth-order valence-electron chi connectivity index (χ4n) is 2.65. The Morgan fingerprint density at radius 3 is 2.46 bits per heavy atom. The Hall–Kier alpha value is -2.95. The molecule has 1 heterocycles. The Morgan fingerprint density at radius 2 is 1.77 bits per heavy atom. The van der Waals surface area contributed by atoms with Gasteiger partial charge in [-0.3, -0.25) is 4.79 Å². The van der Waals surface area contributed by atoms with Crippen LogP contribution in [0.2, 0.25) is 0 Å². The number of halogens is 1. The van der Waals surface area contributed by atoms with Crippen LogP contribution in [0.15, 0.2) is 52.9 Å². The number of benzene rings is 2. The van der Waals surface area contributed by atoms with Crippen LogP contribution in [0.5, 0.6) is 0 Å². The maximum atomic E-state index is 12.9. The van der Waals surface area contributed by atoms with Crippen LogP contribution < -0.4 is 5.32 Å². The van der Waals surface area contributed by atoms with Crippen molar-refractivity contribution in [3.8, 4) is 11.5 Å². The van der Waals surface area contributed by atoms with Crippen LogP contribution >= 0.6 is 0 Å². The molecule has 0 unspecified atom stereocenters. The number of aryl methyl sites for hydroxylation is 2. The van der Waals surface area contributed by atoms with E-state index < -0.39 is 0 Å². The third kappa shape index (κ3) is 4.57. The number of rotatable bonds is 6. The van der Waals surface area contributed by atoms with Crippen LogP contribution in [-0.2, 0) is 17.6 Å². The van der Waals surface area contributed by atoms with Crippen LogP contribution in [0.25, 0.3) is 11.5 Å². The summed E-state index contributed by atoms with van der Waals surface area (Å²) in [5.41, 5.74) is 3.73. The summed E-state index contributed by atoms with van der Waals surface area (Å²) in [6.07, 6.45) is 0.822. The van der Waals surface area contributed by atoms with E-state index in [4.69, 9.17) is 4.42 Å². The smallest absolute Gasteiger partial charge is 0.226 e. The molecule has 5 heteroatoms. The summed E-state index contributed by atoms with van der Waals surface area (Å²) in [5, 5.41) is 2.86. The molecular weight excluding hydrogens is 331 g/mol. The molecule has 0 radical (unpaired) electrons. The van der Waals surface area contributed by atoms with Gasteiger partial charge in [-0.25, -0.2) is 9.37 Å². The lowest BCUT2D eigenvalue weighted by Gasteiger charge is -2.04. The Morgan fingerprint density at radius 1 is 1.08 bits per heavy atom. The third-order valence-corrected chi connectivity index (χ3v) is 4.15. The SMILES string of the molecule is Cc1ccc(-c2nc(CCNC(=O)Cc3ccc(F)cc3)c(C)o2)cc1. The summed E-state index contributed by atoms with van der Waals surface area (Å²) in [6, 6.07) is 13.9. The van der Waals surface area contributed by atoms with Crippen molar-refractivity contribution < 1.29 is 13.6 Å². The predicted octanol–water partition coefficient (Wildman–Crippen LogP) is 4.00. The number of nitrogens with one attached hydrogen (secondary N) is 1.